The molecule has 1 atom stereocenters. The van der Waals surface area contributed by atoms with Gasteiger partial charge in [-0.15, -0.1) is 11.3 Å². The average Bonchev–Trinajstić information content (AvgIpc) is 2.76. The Morgan fingerprint density at radius 1 is 1.47 bits per heavy atom. The van der Waals surface area contributed by atoms with Gasteiger partial charge in [-0.1, -0.05) is 17.7 Å². The second kappa shape index (κ2) is 5.44. The third-order valence-corrected chi connectivity index (χ3v) is 5.55. The van der Waals surface area contributed by atoms with Crippen molar-refractivity contribution in [2.24, 2.45) is 0 Å². The molecule has 0 fully saturated rings. The van der Waals surface area contributed by atoms with Crippen LogP contribution in [0.5, 0.6) is 5.75 Å². The minimum Gasteiger partial charge on any atom is -0.482 e. The van der Waals surface area contributed by atoms with Gasteiger partial charge < -0.3 is 10.1 Å². The minimum absolute atomic E-state index is 0.0363. The fourth-order valence-electron chi connectivity index (χ4n) is 2.25. The average molecular weight is 359 g/mol. The SMILES string of the molecule is Cc1cc2c(s1)C(Oc1cccc(Br)c1Cl)CNC2. The van der Waals surface area contributed by atoms with E-state index < -0.39 is 0 Å². The van der Waals surface area contributed by atoms with E-state index in [9.17, 15) is 0 Å². The van der Waals surface area contributed by atoms with Gasteiger partial charge in [0.1, 0.15) is 11.9 Å². The first kappa shape index (κ1) is 13.4. The Bertz CT molecular complexity index is 613. The standard InChI is InChI=1S/C14H13BrClNOS/c1-8-5-9-6-17-7-12(14(9)19-8)18-11-4-2-3-10(15)13(11)16/h2-5,12,17H,6-7H2,1H3. The summed E-state index contributed by atoms with van der Waals surface area (Å²) in [4.78, 5) is 2.63. The van der Waals surface area contributed by atoms with E-state index in [4.69, 9.17) is 16.3 Å². The first-order chi connectivity index (χ1) is 9.15. The van der Waals surface area contributed by atoms with Crippen molar-refractivity contribution in [2.45, 2.75) is 19.6 Å². The van der Waals surface area contributed by atoms with Gasteiger partial charge >= 0.3 is 0 Å². The molecular weight excluding hydrogens is 346 g/mol. The summed E-state index contributed by atoms with van der Waals surface area (Å²) >= 11 is 11.5. The van der Waals surface area contributed by atoms with Crippen LogP contribution in [0.15, 0.2) is 28.7 Å². The predicted octanol–water partition coefficient (Wildman–Crippen LogP) is 4.70. The molecule has 1 N–H and O–H groups in total. The van der Waals surface area contributed by atoms with Gasteiger partial charge in [0.2, 0.25) is 0 Å². The highest BCUT2D eigenvalue weighted by molar-refractivity contribution is 9.10. The Kier molecular flexibility index (Phi) is 3.85. The zero-order chi connectivity index (χ0) is 13.4. The van der Waals surface area contributed by atoms with Crippen molar-refractivity contribution in [1.29, 1.82) is 0 Å². The van der Waals surface area contributed by atoms with Crippen molar-refractivity contribution in [3.8, 4) is 5.75 Å². The van der Waals surface area contributed by atoms with Gasteiger partial charge in [0, 0.05) is 22.4 Å². The molecule has 1 aromatic heterocycles. The summed E-state index contributed by atoms with van der Waals surface area (Å²) in [5.74, 6) is 0.724. The molecule has 1 aliphatic heterocycles. The molecule has 0 amide bonds. The number of ether oxygens (including phenoxy) is 1. The lowest BCUT2D eigenvalue weighted by Gasteiger charge is -2.25. The summed E-state index contributed by atoms with van der Waals surface area (Å²) in [5.41, 5.74) is 1.34. The van der Waals surface area contributed by atoms with Crippen molar-refractivity contribution in [1.82, 2.24) is 5.32 Å². The molecule has 0 saturated carbocycles. The third-order valence-electron chi connectivity index (χ3n) is 3.09. The van der Waals surface area contributed by atoms with Gasteiger partial charge in [-0.2, -0.15) is 0 Å². The van der Waals surface area contributed by atoms with E-state index in [2.05, 4.69) is 34.2 Å². The van der Waals surface area contributed by atoms with E-state index in [1.54, 1.807) is 0 Å². The fraction of sp³-hybridized carbons (Fsp3) is 0.286. The van der Waals surface area contributed by atoms with Gasteiger partial charge in [-0.05, 0) is 46.6 Å². The zero-order valence-corrected chi connectivity index (χ0v) is 13.5. The van der Waals surface area contributed by atoms with Gasteiger partial charge in [0.15, 0.2) is 0 Å². The van der Waals surface area contributed by atoms with E-state index >= 15 is 0 Å². The highest BCUT2D eigenvalue weighted by Gasteiger charge is 2.24. The van der Waals surface area contributed by atoms with Crippen LogP contribution in [-0.4, -0.2) is 6.54 Å². The molecule has 1 aliphatic rings. The first-order valence-electron chi connectivity index (χ1n) is 6.05. The van der Waals surface area contributed by atoms with Crippen LogP contribution in [0.2, 0.25) is 5.02 Å². The minimum atomic E-state index is 0.0363. The van der Waals surface area contributed by atoms with E-state index in [-0.39, 0.29) is 6.10 Å². The van der Waals surface area contributed by atoms with Gasteiger partial charge in [-0.3, -0.25) is 0 Å². The maximum absolute atomic E-state index is 6.26. The molecule has 0 spiro atoms. The number of hydrogen-bond acceptors (Lipinski definition) is 3. The largest absolute Gasteiger partial charge is 0.482 e. The van der Waals surface area contributed by atoms with Crippen LogP contribution in [0.3, 0.4) is 0 Å². The zero-order valence-electron chi connectivity index (χ0n) is 10.4. The molecule has 2 aromatic rings. The lowest BCUT2D eigenvalue weighted by Crippen LogP contribution is -2.29. The van der Waals surface area contributed by atoms with Crippen LogP contribution in [0.4, 0.5) is 0 Å². The lowest BCUT2D eigenvalue weighted by atomic mass is 10.1. The second-order valence-electron chi connectivity index (χ2n) is 4.54. The van der Waals surface area contributed by atoms with Crippen molar-refractivity contribution in [3.63, 3.8) is 0 Å². The van der Waals surface area contributed by atoms with Crippen LogP contribution >= 0.6 is 38.9 Å². The normalized spacial score (nSPS) is 18.2. The molecule has 0 aliphatic carbocycles. The van der Waals surface area contributed by atoms with Crippen LogP contribution in [0, 0.1) is 6.92 Å². The Labute approximate surface area is 129 Å². The van der Waals surface area contributed by atoms with Crippen molar-refractivity contribution in [2.75, 3.05) is 6.54 Å². The molecule has 0 saturated heterocycles. The highest BCUT2D eigenvalue weighted by atomic mass is 79.9. The molecule has 19 heavy (non-hydrogen) atoms. The van der Waals surface area contributed by atoms with Crippen molar-refractivity contribution < 1.29 is 4.74 Å². The second-order valence-corrected chi connectivity index (χ2v) is 7.06. The number of thiophene rings is 1. The smallest absolute Gasteiger partial charge is 0.146 e. The lowest BCUT2D eigenvalue weighted by molar-refractivity contribution is 0.196. The number of hydrogen-bond donors (Lipinski definition) is 1. The number of nitrogens with one attached hydrogen (secondary N) is 1. The van der Waals surface area contributed by atoms with Crippen LogP contribution < -0.4 is 10.1 Å². The number of aryl methyl sites for hydroxylation is 1. The van der Waals surface area contributed by atoms with Gasteiger partial charge in [-0.25, -0.2) is 0 Å². The predicted molar refractivity (Wildman–Crippen MR) is 83.3 cm³/mol. The summed E-state index contributed by atoms with van der Waals surface area (Å²) in [6.45, 7) is 3.87. The van der Waals surface area contributed by atoms with Crippen molar-refractivity contribution in [3.05, 3.63) is 49.1 Å². The van der Waals surface area contributed by atoms with E-state index in [1.807, 2.05) is 29.5 Å². The molecule has 1 unspecified atom stereocenters. The van der Waals surface area contributed by atoms with E-state index in [0.717, 1.165) is 23.3 Å². The Hall–Kier alpha value is -0.550. The molecule has 2 heterocycles. The maximum Gasteiger partial charge on any atom is 0.146 e. The fourth-order valence-corrected chi connectivity index (χ4v) is 3.84. The molecule has 2 nitrogen and oxygen atoms in total. The quantitative estimate of drug-likeness (QED) is 0.840. The topological polar surface area (TPSA) is 21.3 Å². The first-order valence-corrected chi connectivity index (χ1v) is 8.04. The molecule has 5 heteroatoms. The number of benzene rings is 1. The molecule has 1 aromatic carbocycles. The molecular formula is C14H13BrClNOS. The van der Waals surface area contributed by atoms with E-state index in [0.29, 0.717) is 5.02 Å². The van der Waals surface area contributed by atoms with Crippen LogP contribution in [0.25, 0.3) is 0 Å². The Morgan fingerprint density at radius 3 is 3.16 bits per heavy atom. The van der Waals surface area contributed by atoms with Crippen LogP contribution in [0.1, 0.15) is 21.4 Å². The summed E-state index contributed by atoms with van der Waals surface area (Å²) in [5, 5.41) is 4.01. The number of halogens is 2. The van der Waals surface area contributed by atoms with Crippen molar-refractivity contribution >= 4 is 38.9 Å². The maximum atomic E-state index is 6.26. The Morgan fingerprint density at radius 2 is 2.32 bits per heavy atom. The highest BCUT2D eigenvalue weighted by Crippen LogP contribution is 2.38. The number of rotatable bonds is 2. The molecule has 0 bridgehead atoms. The van der Waals surface area contributed by atoms with Gasteiger partial charge in [0.25, 0.3) is 0 Å². The Balaban J connectivity index is 1.90. The summed E-state index contributed by atoms with van der Waals surface area (Å²) in [6.07, 6.45) is 0.0363. The van der Waals surface area contributed by atoms with Gasteiger partial charge in [0.05, 0.1) is 9.90 Å². The molecule has 3 rings (SSSR count). The molecule has 0 radical (unpaired) electrons. The molecule has 100 valence electrons. The number of fused-ring (bicyclic) bond motifs is 1. The summed E-state index contributed by atoms with van der Waals surface area (Å²) < 4.78 is 6.95. The third kappa shape index (κ3) is 2.68. The monoisotopic (exact) mass is 357 g/mol. The van der Waals surface area contributed by atoms with Crippen LogP contribution in [-0.2, 0) is 6.54 Å². The van der Waals surface area contributed by atoms with E-state index in [1.165, 1.54) is 15.3 Å². The summed E-state index contributed by atoms with van der Waals surface area (Å²) in [6, 6.07) is 7.98. The summed E-state index contributed by atoms with van der Waals surface area (Å²) in [7, 11) is 0.